The number of nitrogens with zero attached hydrogens (tertiary/aromatic N) is 2. The summed E-state index contributed by atoms with van der Waals surface area (Å²) in [7, 11) is -3.47. The van der Waals surface area contributed by atoms with E-state index in [9.17, 15) is 13.2 Å². The van der Waals surface area contributed by atoms with Gasteiger partial charge in [0.2, 0.25) is 15.9 Å². The Labute approximate surface area is 158 Å². The Kier molecular flexibility index (Phi) is 6.05. The van der Waals surface area contributed by atoms with Crippen molar-refractivity contribution in [1.29, 1.82) is 0 Å². The monoisotopic (exact) mass is 393 g/mol. The number of nitrogens with one attached hydrogen (secondary N) is 1. The molecule has 2 aromatic rings. The maximum absolute atomic E-state index is 12.8. The average molecular weight is 394 g/mol. The van der Waals surface area contributed by atoms with Crippen LogP contribution in [0.5, 0.6) is 0 Å². The van der Waals surface area contributed by atoms with Crippen LogP contribution >= 0.6 is 11.3 Å². The van der Waals surface area contributed by atoms with Crippen molar-refractivity contribution >= 4 is 32.4 Å². The van der Waals surface area contributed by atoms with E-state index in [4.69, 9.17) is 0 Å². The highest BCUT2D eigenvalue weighted by atomic mass is 32.2. The maximum Gasteiger partial charge on any atom is 0.243 e. The van der Waals surface area contributed by atoms with Crippen LogP contribution in [0.25, 0.3) is 0 Å². The van der Waals surface area contributed by atoms with Gasteiger partial charge in [-0.3, -0.25) is 4.79 Å². The van der Waals surface area contributed by atoms with Crippen molar-refractivity contribution in [2.45, 2.75) is 31.1 Å². The zero-order valence-corrected chi connectivity index (χ0v) is 16.3. The Bertz CT molecular complexity index is 823. The van der Waals surface area contributed by atoms with Crippen LogP contribution in [-0.4, -0.2) is 36.7 Å². The molecule has 0 radical (unpaired) electrons. The van der Waals surface area contributed by atoms with E-state index in [1.165, 1.54) is 11.3 Å². The molecule has 0 saturated carbocycles. The summed E-state index contributed by atoms with van der Waals surface area (Å²) in [5, 5.41) is 5.24. The molecule has 1 fully saturated rings. The topological polar surface area (TPSA) is 79.4 Å². The molecule has 1 aliphatic heterocycles. The van der Waals surface area contributed by atoms with Crippen molar-refractivity contribution in [1.82, 2.24) is 9.29 Å². The fraction of sp³-hybridized carbons (Fsp3) is 0.444. The Morgan fingerprint density at radius 3 is 2.73 bits per heavy atom. The second-order valence-corrected chi connectivity index (χ2v) is 9.32. The minimum atomic E-state index is -3.47. The van der Waals surface area contributed by atoms with E-state index in [-0.39, 0.29) is 17.7 Å². The summed E-state index contributed by atoms with van der Waals surface area (Å²) in [6.07, 6.45) is 3.59. The standard InChI is InChI=1S/C18H23N3O3S2/c1-2-14-13-21(26(23,24)16-6-4-3-5-7-16)10-8-15(14)12-17(22)20-18-19-9-11-25-18/h3-7,9,11,14-15H,2,8,10,12-13H2,1H3,(H,19,20,22). The molecule has 26 heavy (non-hydrogen) atoms. The molecule has 1 aliphatic rings. The van der Waals surface area contributed by atoms with Gasteiger partial charge >= 0.3 is 0 Å². The molecule has 1 saturated heterocycles. The summed E-state index contributed by atoms with van der Waals surface area (Å²) < 4.78 is 27.2. The van der Waals surface area contributed by atoms with E-state index in [0.717, 1.165) is 6.42 Å². The molecule has 0 aliphatic carbocycles. The molecule has 2 unspecified atom stereocenters. The van der Waals surface area contributed by atoms with Crippen LogP contribution in [0.1, 0.15) is 26.2 Å². The van der Waals surface area contributed by atoms with Crippen molar-refractivity contribution in [3.05, 3.63) is 41.9 Å². The summed E-state index contributed by atoms with van der Waals surface area (Å²) in [5.74, 6) is 0.300. The van der Waals surface area contributed by atoms with E-state index < -0.39 is 10.0 Å². The number of thiazole rings is 1. The fourth-order valence-corrected chi connectivity index (χ4v) is 5.51. The van der Waals surface area contributed by atoms with Gasteiger partial charge in [0, 0.05) is 31.1 Å². The minimum absolute atomic E-state index is 0.0530. The fourth-order valence-electron chi connectivity index (χ4n) is 3.43. The average Bonchev–Trinajstić information content (AvgIpc) is 3.15. The highest BCUT2D eigenvalue weighted by Gasteiger charge is 2.35. The van der Waals surface area contributed by atoms with Crippen LogP contribution in [0.3, 0.4) is 0 Å². The quantitative estimate of drug-likeness (QED) is 0.817. The van der Waals surface area contributed by atoms with Crippen LogP contribution in [0.4, 0.5) is 5.13 Å². The van der Waals surface area contributed by atoms with E-state index in [1.807, 2.05) is 5.38 Å². The smallest absolute Gasteiger partial charge is 0.243 e. The van der Waals surface area contributed by atoms with E-state index in [1.54, 1.807) is 40.8 Å². The zero-order chi connectivity index (χ0) is 18.6. The molecule has 6 nitrogen and oxygen atoms in total. The lowest BCUT2D eigenvalue weighted by Crippen LogP contribution is -2.44. The van der Waals surface area contributed by atoms with E-state index >= 15 is 0 Å². The van der Waals surface area contributed by atoms with Gasteiger partial charge in [0.05, 0.1) is 4.90 Å². The lowest BCUT2D eigenvalue weighted by atomic mass is 9.82. The maximum atomic E-state index is 12.8. The number of rotatable bonds is 6. The number of piperidine rings is 1. The summed E-state index contributed by atoms with van der Waals surface area (Å²) in [6, 6.07) is 8.54. The minimum Gasteiger partial charge on any atom is -0.302 e. The highest BCUT2D eigenvalue weighted by Crippen LogP contribution is 2.32. The van der Waals surface area contributed by atoms with Crippen LogP contribution < -0.4 is 5.32 Å². The van der Waals surface area contributed by atoms with Gasteiger partial charge in [-0.25, -0.2) is 13.4 Å². The molecular formula is C18H23N3O3S2. The second kappa shape index (κ2) is 8.28. The number of hydrogen-bond acceptors (Lipinski definition) is 5. The summed E-state index contributed by atoms with van der Waals surface area (Å²) in [5.41, 5.74) is 0. The molecule has 0 spiro atoms. The van der Waals surface area contributed by atoms with Crippen molar-refractivity contribution in [3.63, 3.8) is 0 Å². The van der Waals surface area contributed by atoms with Gasteiger partial charge in [0.25, 0.3) is 0 Å². The Balaban J connectivity index is 1.64. The van der Waals surface area contributed by atoms with Crippen molar-refractivity contribution in [3.8, 4) is 0 Å². The van der Waals surface area contributed by atoms with Gasteiger partial charge in [-0.1, -0.05) is 31.5 Å². The zero-order valence-electron chi connectivity index (χ0n) is 14.7. The lowest BCUT2D eigenvalue weighted by Gasteiger charge is -2.37. The van der Waals surface area contributed by atoms with Crippen LogP contribution in [0.15, 0.2) is 46.8 Å². The molecule has 1 N–H and O–H groups in total. The van der Waals surface area contributed by atoms with Gasteiger partial charge in [-0.2, -0.15) is 4.31 Å². The number of carbonyl (C=O) groups is 1. The third kappa shape index (κ3) is 4.31. The van der Waals surface area contributed by atoms with Gasteiger partial charge in [0.1, 0.15) is 0 Å². The molecule has 8 heteroatoms. The van der Waals surface area contributed by atoms with Gasteiger partial charge in [-0.05, 0) is 30.4 Å². The molecule has 1 amide bonds. The number of amides is 1. The predicted octanol–water partition coefficient (Wildman–Crippen LogP) is 3.21. The molecule has 3 rings (SSSR count). The molecule has 2 atom stereocenters. The first kappa shape index (κ1) is 19.0. The normalized spacial score (nSPS) is 21.4. The largest absolute Gasteiger partial charge is 0.302 e. The Morgan fingerprint density at radius 1 is 1.31 bits per heavy atom. The first-order valence-electron chi connectivity index (χ1n) is 8.75. The highest BCUT2D eigenvalue weighted by molar-refractivity contribution is 7.89. The first-order valence-corrected chi connectivity index (χ1v) is 11.1. The van der Waals surface area contributed by atoms with E-state index in [2.05, 4.69) is 17.2 Å². The van der Waals surface area contributed by atoms with Crippen LogP contribution in [0, 0.1) is 11.8 Å². The summed E-state index contributed by atoms with van der Waals surface area (Å²) in [6.45, 7) is 2.96. The van der Waals surface area contributed by atoms with Gasteiger partial charge < -0.3 is 5.32 Å². The van der Waals surface area contributed by atoms with Gasteiger partial charge in [0.15, 0.2) is 5.13 Å². The Morgan fingerprint density at radius 2 is 2.08 bits per heavy atom. The second-order valence-electron chi connectivity index (χ2n) is 6.48. The first-order chi connectivity index (χ1) is 12.5. The number of anilines is 1. The molecule has 2 heterocycles. The third-order valence-corrected chi connectivity index (χ3v) is 7.45. The molecular weight excluding hydrogens is 370 g/mol. The van der Waals surface area contributed by atoms with Crippen molar-refractivity contribution < 1.29 is 13.2 Å². The summed E-state index contributed by atoms with van der Waals surface area (Å²) >= 11 is 1.39. The molecule has 0 bridgehead atoms. The van der Waals surface area contributed by atoms with Crippen molar-refractivity contribution in [2.75, 3.05) is 18.4 Å². The van der Waals surface area contributed by atoms with Crippen molar-refractivity contribution in [2.24, 2.45) is 11.8 Å². The van der Waals surface area contributed by atoms with Gasteiger partial charge in [-0.15, -0.1) is 11.3 Å². The number of benzene rings is 1. The number of carbonyl (C=O) groups excluding carboxylic acids is 1. The number of aromatic nitrogens is 1. The van der Waals surface area contributed by atoms with Crippen LogP contribution in [-0.2, 0) is 14.8 Å². The number of hydrogen-bond donors (Lipinski definition) is 1. The molecule has 140 valence electrons. The third-order valence-electron chi connectivity index (χ3n) is 4.89. The Hall–Kier alpha value is -1.77. The van der Waals surface area contributed by atoms with Crippen LogP contribution in [0.2, 0.25) is 0 Å². The number of sulfonamides is 1. The molecule has 1 aromatic carbocycles. The summed E-state index contributed by atoms with van der Waals surface area (Å²) in [4.78, 5) is 16.7. The predicted molar refractivity (Wildman–Crippen MR) is 102 cm³/mol. The lowest BCUT2D eigenvalue weighted by molar-refractivity contribution is -0.117. The SMILES string of the molecule is CCC1CN(S(=O)(=O)c2ccccc2)CCC1CC(=O)Nc1nccs1. The van der Waals surface area contributed by atoms with E-state index in [0.29, 0.717) is 36.0 Å². The molecule has 1 aromatic heterocycles.